The van der Waals surface area contributed by atoms with Crippen molar-refractivity contribution in [3.63, 3.8) is 0 Å². The summed E-state index contributed by atoms with van der Waals surface area (Å²) >= 11 is 0. The molecule has 1 aliphatic heterocycles. The van der Waals surface area contributed by atoms with Crippen LogP contribution in [-0.4, -0.2) is 18.7 Å². The third kappa shape index (κ3) is 4.97. The van der Waals surface area contributed by atoms with Crippen LogP contribution in [-0.2, 0) is 0 Å². The monoisotopic (exact) mass is 298 g/mol. The van der Waals surface area contributed by atoms with Gasteiger partial charge >= 0.3 is 0 Å². The molecule has 0 radical (unpaired) electrons. The van der Waals surface area contributed by atoms with Crippen LogP contribution < -0.4 is 15.8 Å². The maximum absolute atomic E-state index is 6.38. The SMILES string of the molecule is CC(C)(C)Oc1ccc([C@H](N)C2CCNCC2)cc1.Cl. The predicted octanol–water partition coefficient (Wildman–Crippen LogP) is 3.29. The van der Waals surface area contributed by atoms with Crippen molar-refractivity contribution in [2.75, 3.05) is 13.1 Å². The van der Waals surface area contributed by atoms with Gasteiger partial charge in [-0.2, -0.15) is 0 Å². The summed E-state index contributed by atoms with van der Waals surface area (Å²) in [6.07, 6.45) is 2.34. The van der Waals surface area contributed by atoms with Gasteiger partial charge in [-0.15, -0.1) is 12.4 Å². The molecule has 114 valence electrons. The first-order valence-electron chi connectivity index (χ1n) is 7.21. The fourth-order valence-corrected chi connectivity index (χ4v) is 2.59. The second-order valence-corrected chi connectivity index (χ2v) is 6.40. The van der Waals surface area contributed by atoms with Gasteiger partial charge in [0.2, 0.25) is 0 Å². The highest BCUT2D eigenvalue weighted by Gasteiger charge is 2.21. The van der Waals surface area contributed by atoms with Crippen molar-refractivity contribution in [2.24, 2.45) is 11.7 Å². The van der Waals surface area contributed by atoms with E-state index in [0.717, 1.165) is 18.8 Å². The molecule has 1 aromatic rings. The molecule has 2 rings (SSSR count). The van der Waals surface area contributed by atoms with E-state index < -0.39 is 0 Å². The molecular formula is C16H27ClN2O. The zero-order valence-electron chi connectivity index (χ0n) is 12.7. The van der Waals surface area contributed by atoms with E-state index in [0.29, 0.717) is 5.92 Å². The number of rotatable bonds is 3. The summed E-state index contributed by atoms with van der Waals surface area (Å²) in [5.41, 5.74) is 7.44. The van der Waals surface area contributed by atoms with Crippen LogP contribution in [0, 0.1) is 5.92 Å². The lowest BCUT2D eigenvalue weighted by Crippen LogP contribution is -2.33. The number of benzene rings is 1. The maximum Gasteiger partial charge on any atom is 0.120 e. The molecular weight excluding hydrogens is 272 g/mol. The summed E-state index contributed by atoms with van der Waals surface area (Å²) in [6.45, 7) is 8.35. The molecule has 20 heavy (non-hydrogen) atoms. The van der Waals surface area contributed by atoms with Crippen molar-refractivity contribution in [1.82, 2.24) is 5.32 Å². The van der Waals surface area contributed by atoms with E-state index in [4.69, 9.17) is 10.5 Å². The summed E-state index contributed by atoms with van der Waals surface area (Å²) < 4.78 is 5.83. The zero-order chi connectivity index (χ0) is 13.9. The quantitative estimate of drug-likeness (QED) is 0.900. The Hall–Kier alpha value is -0.770. The van der Waals surface area contributed by atoms with Gasteiger partial charge in [-0.05, 0) is 70.3 Å². The number of nitrogens with one attached hydrogen (secondary N) is 1. The molecule has 0 unspecified atom stereocenters. The van der Waals surface area contributed by atoms with Crippen molar-refractivity contribution in [3.05, 3.63) is 29.8 Å². The first-order valence-corrected chi connectivity index (χ1v) is 7.21. The molecule has 0 aliphatic carbocycles. The van der Waals surface area contributed by atoms with Gasteiger partial charge in [-0.1, -0.05) is 12.1 Å². The Morgan fingerprint density at radius 2 is 1.70 bits per heavy atom. The Labute approximate surface area is 128 Å². The van der Waals surface area contributed by atoms with Gasteiger partial charge < -0.3 is 15.8 Å². The van der Waals surface area contributed by atoms with Gasteiger partial charge in [-0.25, -0.2) is 0 Å². The third-order valence-corrected chi connectivity index (χ3v) is 3.58. The van der Waals surface area contributed by atoms with E-state index in [9.17, 15) is 0 Å². The first kappa shape index (κ1) is 17.3. The number of hydrogen-bond acceptors (Lipinski definition) is 3. The Bertz CT molecular complexity index is 394. The normalized spacial score (nSPS) is 18.2. The highest BCUT2D eigenvalue weighted by atomic mass is 35.5. The highest BCUT2D eigenvalue weighted by Crippen LogP contribution is 2.28. The average molecular weight is 299 g/mol. The Morgan fingerprint density at radius 3 is 2.20 bits per heavy atom. The smallest absolute Gasteiger partial charge is 0.120 e. The van der Waals surface area contributed by atoms with Gasteiger partial charge in [0.15, 0.2) is 0 Å². The van der Waals surface area contributed by atoms with E-state index in [1.54, 1.807) is 0 Å². The van der Waals surface area contributed by atoms with Crippen LogP contribution in [0.5, 0.6) is 5.75 Å². The molecule has 3 nitrogen and oxygen atoms in total. The predicted molar refractivity (Wildman–Crippen MR) is 86.6 cm³/mol. The average Bonchev–Trinajstić information content (AvgIpc) is 2.38. The molecule has 1 fully saturated rings. The molecule has 1 aliphatic rings. The molecule has 0 amide bonds. The summed E-state index contributed by atoms with van der Waals surface area (Å²) in [5, 5.41) is 3.38. The number of nitrogens with two attached hydrogens (primary N) is 1. The molecule has 0 aromatic heterocycles. The van der Waals surface area contributed by atoms with E-state index in [1.165, 1.54) is 18.4 Å². The lowest BCUT2D eigenvalue weighted by molar-refractivity contribution is 0.131. The minimum Gasteiger partial charge on any atom is -0.488 e. The van der Waals surface area contributed by atoms with Crippen molar-refractivity contribution >= 4 is 12.4 Å². The summed E-state index contributed by atoms with van der Waals surface area (Å²) in [5.74, 6) is 1.50. The van der Waals surface area contributed by atoms with Gasteiger partial charge in [0.25, 0.3) is 0 Å². The molecule has 1 aromatic carbocycles. The maximum atomic E-state index is 6.38. The van der Waals surface area contributed by atoms with Crippen molar-refractivity contribution in [1.29, 1.82) is 0 Å². The van der Waals surface area contributed by atoms with E-state index >= 15 is 0 Å². The number of halogens is 1. The summed E-state index contributed by atoms with van der Waals surface area (Å²) in [7, 11) is 0. The number of hydrogen-bond donors (Lipinski definition) is 2. The van der Waals surface area contributed by atoms with E-state index in [-0.39, 0.29) is 24.0 Å². The lowest BCUT2D eigenvalue weighted by Gasteiger charge is -2.28. The minimum absolute atomic E-state index is 0. The largest absolute Gasteiger partial charge is 0.488 e. The van der Waals surface area contributed by atoms with Crippen LogP contribution in [0.4, 0.5) is 0 Å². The Balaban J connectivity index is 0.00000200. The lowest BCUT2D eigenvalue weighted by atomic mass is 9.86. The van der Waals surface area contributed by atoms with Crippen LogP contribution in [0.25, 0.3) is 0 Å². The number of piperidine rings is 1. The van der Waals surface area contributed by atoms with Crippen LogP contribution in [0.15, 0.2) is 24.3 Å². The molecule has 0 saturated carbocycles. The van der Waals surface area contributed by atoms with Crippen molar-refractivity contribution in [3.8, 4) is 5.75 Å². The Kier molecular flexibility index (Phi) is 6.31. The fraction of sp³-hybridized carbons (Fsp3) is 0.625. The molecule has 0 bridgehead atoms. The van der Waals surface area contributed by atoms with Crippen LogP contribution in [0.1, 0.15) is 45.2 Å². The summed E-state index contributed by atoms with van der Waals surface area (Å²) in [6, 6.07) is 8.41. The fourth-order valence-electron chi connectivity index (χ4n) is 2.59. The second kappa shape index (κ2) is 7.30. The third-order valence-electron chi connectivity index (χ3n) is 3.58. The zero-order valence-corrected chi connectivity index (χ0v) is 13.5. The molecule has 1 heterocycles. The second-order valence-electron chi connectivity index (χ2n) is 6.40. The Morgan fingerprint density at radius 1 is 1.15 bits per heavy atom. The topological polar surface area (TPSA) is 47.3 Å². The summed E-state index contributed by atoms with van der Waals surface area (Å²) in [4.78, 5) is 0. The van der Waals surface area contributed by atoms with Crippen molar-refractivity contribution in [2.45, 2.75) is 45.3 Å². The van der Waals surface area contributed by atoms with E-state index in [2.05, 4.69) is 38.2 Å². The van der Waals surface area contributed by atoms with Gasteiger partial charge in [0.05, 0.1) is 0 Å². The standard InChI is InChI=1S/C16H26N2O.ClH/c1-16(2,3)19-14-6-4-12(5-7-14)15(17)13-8-10-18-11-9-13;/h4-7,13,15,18H,8-11,17H2,1-3H3;1H/t15-;/m0./s1. The van der Waals surface area contributed by atoms with Crippen LogP contribution in [0.2, 0.25) is 0 Å². The molecule has 0 spiro atoms. The molecule has 3 N–H and O–H groups in total. The van der Waals surface area contributed by atoms with Gasteiger partial charge in [0.1, 0.15) is 11.4 Å². The molecule has 4 heteroatoms. The minimum atomic E-state index is -0.154. The van der Waals surface area contributed by atoms with E-state index in [1.807, 2.05) is 12.1 Å². The molecule has 1 atom stereocenters. The molecule has 1 saturated heterocycles. The van der Waals surface area contributed by atoms with Gasteiger partial charge in [-0.3, -0.25) is 0 Å². The van der Waals surface area contributed by atoms with Crippen molar-refractivity contribution < 1.29 is 4.74 Å². The van der Waals surface area contributed by atoms with Gasteiger partial charge in [0, 0.05) is 6.04 Å². The number of ether oxygens (including phenoxy) is 1. The first-order chi connectivity index (χ1) is 8.96. The van der Waals surface area contributed by atoms with Crippen LogP contribution in [0.3, 0.4) is 0 Å². The van der Waals surface area contributed by atoms with Crippen LogP contribution >= 0.6 is 12.4 Å². The highest BCUT2D eigenvalue weighted by molar-refractivity contribution is 5.85.